The maximum absolute atomic E-state index is 11.0. The van der Waals surface area contributed by atoms with Gasteiger partial charge in [0.1, 0.15) is 0 Å². The van der Waals surface area contributed by atoms with Crippen LogP contribution in [-0.4, -0.2) is 32.8 Å². The van der Waals surface area contributed by atoms with Gasteiger partial charge in [0.05, 0.1) is 12.2 Å². The van der Waals surface area contributed by atoms with Gasteiger partial charge in [0, 0.05) is 23.1 Å². The second kappa shape index (κ2) is 11.2. The molecule has 3 N–H and O–H groups in total. The highest BCUT2D eigenvalue weighted by atomic mass is 35.5. The van der Waals surface area contributed by atoms with E-state index in [1.165, 1.54) is 6.42 Å². The van der Waals surface area contributed by atoms with Crippen molar-refractivity contribution >= 4 is 17.6 Å². The lowest BCUT2D eigenvalue weighted by atomic mass is 9.61. The van der Waals surface area contributed by atoms with Crippen LogP contribution in [0.25, 0.3) is 0 Å². The zero-order valence-electron chi connectivity index (χ0n) is 18.8. The number of aliphatic hydroxyl groups excluding tert-OH is 2. The molecule has 0 aromatic heterocycles. The van der Waals surface area contributed by atoms with Gasteiger partial charge in [-0.25, -0.2) is 0 Å². The van der Waals surface area contributed by atoms with Gasteiger partial charge >= 0.3 is 5.97 Å². The molecule has 0 bridgehead atoms. The molecule has 5 unspecified atom stereocenters. The summed E-state index contributed by atoms with van der Waals surface area (Å²) in [6.07, 6.45) is 10.2. The first-order valence-electron chi connectivity index (χ1n) is 12.2. The predicted molar refractivity (Wildman–Crippen MR) is 124 cm³/mol. The maximum Gasteiger partial charge on any atom is 0.303 e. The van der Waals surface area contributed by atoms with E-state index >= 15 is 0 Å². The van der Waals surface area contributed by atoms with E-state index in [-0.39, 0.29) is 29.0 Å². The normalized spacial score (nSPS) is 28.3. The second-order valence-electron chi connectivity index (χ2n) is 9.89. The van der Waals surface area contributed by atoms with Crippen molar-refractivity contribution in [2.45, 2.75) is 107 Å². The number of unbranched alkanes of at least 4 members (excludes halogenated alkanes) is 3. The monoisotopic (exact) mass is 450 g/mol. The third-order valence-electron chi connectivity index (χ3n) is 7.80. The molecular weight excluding hydrogens is 412 g/mol. The van der Waals surface area contributed by atoms with Crippen molar-refractivity contribution in [3.05, 3.63) is 35.4 Å². The van der Waals surface area contributed by atoms with E-state index in [0.29, 0.717) is 6.42 Å². The Balaban J connectivity index is 1.60. The van der Waals surface area contributed by atoms with Crippen LogP contribution < -0.4 is 0 Å². The summed E-state index contributed by atoms with van der Waals surface area (Å²) in [7, 11) is 0. The number of halogens is 1. The number of carbonyl (C=O) groups is 1. The largest absolute Gasteiger partial charge is 0.481 e. The Hall–Kier alpha value is -1.10. The Morgan fingerprint density at radius 3 is 2.42 bits per heavy atom. The Morgan fingerprint density at radius 1 is 1.16 bits per heavy atom. The molecule has 31 heavy (non-hydrogen) atoms. The zero-order valence-corrected chi connectivity index (χ0v) is 19.6. The third kappa shape index (κ3) is 5.83. The number of alkyl halides is 1. The Bertz CT molecular complexity index is 700. The summed E-state index contributed by atoms with van der Waals surface area (Å²) < 4.78 is 0. The summed E-state index contributed by atoms with van der Waals surface area (Å²) in [5.41, 5.74) is 2.15. The average Bonchev–Trinajstić information content (AvgIpc) is 2.99. The van der Waals surface area contributed by atoms with Crippen LogP contribution in [0.5, 0.6) is 0 Å². The van der Waals surface area contributed by atoms with E-state index in [4.69, 9.17) is 16.7 Å². The van der Waals surface area contributed by atoms with Gasteiger partial charge in [-0.15, -0.1) is 11.6 Å². The van der Waals surface area contributed by atoms with Gasteiger partial charge < -0.3 is 15.3 Å². The summed E-state index contributed by atoms with van der Waals surface area (Å²) in [6.45, 7) is 2.19. The Kier molecular flexibility index (Phi) is 8.83. The lowest BCUT2D eigenvalue weighted by Gasteiger charge is -2.46. The van der Waals surface area contributed by atoms with E-state index < -0.39 is 18.2 Å². The number of hydrogen-bond donors (Lipinski definition) is 3. The number of aliphatic hydroxyl groups is 2. The average molecular weight is 451 g/mol. The van der Waals surface area contributed by atoms with Crippen molar-refractivity contribution in [2.75, 3.05) is 0 Å². The Morgan fingerprint density at radius 2 is 1.84 bits per heavy atom. The quantitative estimate of drug-likeness (QED) is 0.262. The van der Waals surface area contributed by atoms with Gasteiger partial charge in [-0.1, -0.05) is 63.3 Å². The lowest BCUT2D eigenvalue weighted by molar-refractivity contribution is -0.137. The van der Waals surface area contributed by atoms with E-state index in [9.17, 15) is 15.0 Å². The van der Waals surface area contributed by atoms with Crippen LogP contribution in [0.3, 0.4) is 0 Å². The number of rotatable bonds is 12. The van der Waals surface area contributed by atoms with Gasteiger partial charge in [0.2, 0.25) is 0 Å². The zero-order chi connectivity index (χ0) is 22.4. The summed E-state index contributed by atoms with van der Waals surface area (Å²) in [6, 6.07) is 8.26. The van der Waals surface area contributed by atoms with Crippen molar-refractivity contribution in [1.82, 2.24) is 0 Å². The molecule has 1 aromatic carbocycles. The highest BCUT2D eigenvalue weighted by Crippen LogP contribution is 2.53. The molecule has 2 saturated carbocycles. The molecule has 2 aliphatic carbocycles. The maximum atomic E-state index is 11.0. The number of carboxylic acids is 1. The first kappa shape index (κ1) is 24.5. The van der Waals surface area contributed by atoms with Gasteiger partial charge in [-0.2, -0.15) is 0 Å². The number of carboxylic acid groups (broad SMARTS) is 1. The fraction of sp³-hybridized carbons (Fsp3) is 0.731. The van der Waals surface area contributed by atoms with Crippen molar-refractivity contribution in [3.8, 4) is 0 Å². The number of aliphatic carboxylic acids is 1. The molecule has 0 spiro atoms. The molecule has 0 radical (unpaired) electrons. The molecule has 0 aliphatic heterocycles. The van der Waals surface area contributed by atoms with E-state index in [1.54, 1.807) is 0 Å². The summed E-state index contributed by atoms with van der Waals surface area (Å²) >= 11 is 6.62. The fourth-order valence-electron chi connectivity index (χ4n) is 5.95. The van der Waals surface area contributed by atoms with Crippen molar-refractivity contribution in [1.29, 1.82) is 0 Å². The van der Waals surface area contributed by atoms with Crippen LogP contribution in [-0.2, 0) is 4.79 Å². The molecular formula is C26H39ClO4. The Labute approximate surface area is 192 Å². The van der Waals surface area contributed by atoms with Gasteiger partial charge in [-0.3, -0.25) is 4.79 Å². The number of benzene rings is 1. The molecule has 0 amide bonds. The van der Waals surface area contributed by atoms with E-state index in [2.05, 4.69) is 19.1 Å². The minimum atomic E-state index is -0.730. The SMILES string of the molecule is CCCC1(C(O)c2ccc(C3C(O)CC(Cl)C3CCCCCCC(=O)O)cc2)CCC1. The second-order valence-corrected chi connectivity index (χ2v) is 10.5. The summed E-state index contributed by atoms with van der Waals surface area (Å²) in [5.74, 6) is -0.475. The molecule has 2 aliphatic rings. The van der Waals surface area contributed by atoms with Gasteiger partial charge in [-0.05, 0) is 55.6 Å². The third-order valence-corrected chi connectivity index (χ3v) is 8.30. The molecule has 5 atom stereocenters. The van der Waals surface area contributed by atoms with Crippen LogP contribution in [0.4, 0.5) is 0 Å². The number of hydrogen-bond acceptors (Lipinski definition) is 3. The van der Waals surface area contributed by atoms with Crippen molar-refractivity contribution < 1.29 is 20.1 Å². The van der Waals surface area contributed by atoms with Crippen LogP contribution >= 0.6 is 11.6 Å². The minimum absolute atomic E-state index is 0.0287. The molecule has 2 fully saturated rings. The van der Waals surface area contributed by atoms with Crippen LogP contribution in [0.1, 0.15) is 107 Å². The topological polar surface area (TPSA) is 77.8 Å². The van der Waals surface area contributed by atoms with Gasteiger partial charge in [0.25, 0.3) is 0 Å². The minimum Gasteiger partial charge on any atom is -0.481 e. The van der Waals surface area contributed by atoms with E-state index in [1.807, 2.05) is 12.1 Å². The fourth-order valence-corrected chi connectivity index (χ4v) is 6.41. The lowest BCUT2D eigenvalue weighted by Crippen LogP contribution is -2.36. The molecule has 1 aromatic rings. The standard InChI is InChI=1S/C26H39ClO4/c1-2-14-26(15-7-16-26)25(31)19-12-10-18(11-13-19)24-20(21(27)17-22(24)28)8-5-3-4-6-9-23(29)30/h10-13,20-22,24-25,28,31H,2-9,14-17H2,1H3,(H,29,30). The van der Waals surface area contributed by atoms with Crippen LogP contribution in [0, 0.1) is 11.3 Å². The summed E-state index contributed by atoms with van der Waals surface area (Å²) in [4.78, 5) is 10.6. The molecule has 0 saturated heterocycles. The predicted octanol–water partition coefficient (Wildman–Crippen LogP) is 6.19. The van der Waals surface area contributed by atoms with Gasteiger partial charge in [0.15, 0.2) is 0 Å². The van der Waals surface area contributed by atoms with Crippen molar-refractivity contribution in [3.63, 3.8) is 0 Å². The van der Waals surface area contributed by atoms with Crippen LogP contribution in [0.15, 0.2) is 24.3 Å². The first-order valence-corrected chi connectivity index (χ1v) is 12.6. The van der Waals surface area contributed by atoms with Crippen LogP contribution in [0.2, 0.25) is 0 Å². The smallest absolute Gasteiger partial charge is 0.303 e. The van der Waals surface area contributed by atoms with Crippen molar-refractivity contribution in [2.24, 2.45) is 11.3 Å². The van der Waals surface area contributed by atoms with E-state index in [0.717, 1.165) is 68.9 Å². The highest BCUT2D eigenvalue weighted by molar-refractivity contribution is 6.21. The highest BCUT2D eigenvalue weighted by Gasteiger charge is 2.44. The molecule has 0 heterocycles. The first-order chi connectivity index (χ1) is 14.9. The molecule has 5 heteroatoms. The summed E-state index contributed by atoms with van der Waals surface area (Å²) in [5, 5.41) is 30.5. The molecule has 3 rings (SSSR count). The molecule has 4 nitrogen and oxygen atoms in total. The molecule has 174 valence electrons.